The van der Waals surface area contributed by atoms with Crippen LogP contribution in [0.2, 0.25) is 0 Å². The molecule has 30 heavy (non-hydrogen) atoms. The number of amides is 2. The van der Waals surface area contributed by atoms with Crippen LogP contribution < -0.4 is 15.0 Å². The van der Waals surface area contributed by atoms with Crippen molar-refractivity contribution in [2.75, 3.05) is 39.2 Å². The van der Waals surface area contributed by atoms with Gasteiger partial charge in [0.15, 0.2) is 0 Å². The Kier molecular flexibility index (Phi) is 6.64. The number of benzene rings is 1. The molecule has 1 unspecified atom stereocenters. The number of carbonyl (C=O) groups is 2. The maximum absolute atomic E-state index is 12.4. The third-order valence-corrected chi connectivity index (χ3v) is 5.36. The van der Waals surface area contributed by atoms with Crippen molar-refractivity contribution in [1.29, 1.82) is 0 Å². The van der Waals surface area contributed by atoms with E-state index in [9.17, 15) is 9.59 Å². The standard InChI is InChI=1S/C22H31N5O3/c1-15-11-16(2)27(24-15)10-6-9-23-21(28)13-18-14-30-20-8-7-17(22(29)25(3)4)12-19(20)26(18)5/h7-8,11-12,18H,6,9-10,13-14H2,1-5H3,(H,23,28). The zero-order valence-corrected chi connectivity index (χ0v) is 18.4. The third kappa shape index (κ3) is 4.93. The fourth-order valence-electron chi connectivity index (χ4n) is 3.64. The van der Waals surface area contributed by atoms with Crippen molar-refractivity contribution in [2.24, 2.45) is 0 Å². The first kappa shape index (κ1) is 21.7. The molecule has 2 amide bonds. The lowest BCUT2D eigenvalue weighted by atomic mass is 10.1. The van der Waals surface area contributed by atoms with E-state index in [1.807, 2.05) is 48.7 Å². The molecule has 0 aliphatic carbocycles. The molecule has 1 N–H and O–H groups in total. The predicted molar refractivity (Wildman–Crippen MR) is 116 cm³/mol. The predicted octanol–water partition coefficient (Wildman–Crippen LogP) is 2.00. The van der Waals surface area contributed by atoms with E-state index in [0.717, 1.165) is 35.8 Å². The number of likely N-dealkylation sites (N-methyl/N-ethyl adjacent to an activating group) is 1. The second-order valence-corrected chi connectivity index (χ2v) is 8.02. The van der Waals surface area contributed by atoms with Crippen LogP contribution in [0.15, 0.2) is 24.3 Å². The molecular weight excluding hydrogens is 382 g/mol. The molecule has 8 heteroatoms. The summed E-state index contributed by atoms with van der Waals surface area (Å²) in [5, 5.41) is 7.43. The minimum Gasteiger partial charge on any atom is -0.489 e. The summed E-state index contributed by atoms with van der Waals surface area (Å²) in [5.41, 5.74) is 3.57. The quantitative estimate of drug-likeness (QED) is 0.703. The summed E-state index contributed by atoms with van der Waals surface area (Å²) in [5.74, 6) is 0.663. The minimum atomic E-state index is -0.0850. The summed E-state index contributed by atoms with van der Waals surface area (Å²) in [6.45, 7) is 5.83. The van der Waals surface area contributed by atoms with Crippen molar-refractivity contribution in [3.05, 3.63) is 41.2 Å². The molecule has 1 aromatic carbocycles. The van der Waals surface area contributed by atoms with Crippen molar-refractivity contribution in [2.45, 2.75) is 39.3 Å². The molecule has 1 aromatic heterocycles. The van der Waals surface area contributed by atoms with Gasteiger partial charge in [0.05, 0.1) is 23.8 Å². The van der Waals surface area contributed by atoms with Gasteiger partial charge in [-0.3, -0.25) is 14.3 Å². The lowest BCUT2D eigenvalue weighted by Gasteiger charge is -2.35. The average molecular weight is 414 g/mol. The molecule has 0 fully saturated rings. The molecule has 1 aliphatic heterocycles. The number of carbonyl (C=O) groups excluding carboxylic acids is 2. The molecule has 162 valence electrons. The Morgan fingerprint density at radius 1 is 1.27 bits per heavy atom. The van der Waals surface area contributed by atoms with E-state index in [0.29, 0.717) is 25.1 Å². The van der Waals surface area contributed by atoms with Gasteiger partial charge in [0, 0.05) is 45.5 Å². The second-order valence-electron chi connectivity index (χ2n) is 8.02. The minimum absolute atomic E-state index is 0.00668. The number of hydrogen-bond acceptors (Lipinski definition) is 5. The summed E-state index contributed by atoms with van der Waals surface area (Å²) >= 11 is 0. The molecule has 1 atom stereocenters. The van der Waals surface area contributed by atoms with Gasteiger partial charge < -0.3 is 19.9 Å². The maximum Gasteiger partial charge on any atom is 0.253 e. The first-order valence-electron chi connectivity index (χ1n) is 10.3. The molecule has 0 bridgehead atoms. The Hall–Kier alpha value is -3.03. The van der Waals surface area contributed by atoms with Crippen molar-refractivity contribution >= 4 is 17.5 Å². The van der Waals surface area contributed by atoms with Gasteiger partial charge in [-0.2, -0.15) is 5.10 Å². The number of nitrogens with zero attached hydrogens (tertiary/aromatic N) is 4. The van der Waals surface area contributed by atoms with Gasteiger partial charge in [0.1, 0.15) is 12.4 Å². The summed E-state index contributed by atoms with van der Waals surface area (Å²) in [7, 11) is 5.39. The Morgan fingerprint density at radius 2 is 2.03 bits per heavy atom. The third-order valence-electron chi connectivity index (χ3n) is 5.36. The van der Waals surface area contributed by atoms with E-state index < -0.39 is 0 Å². The van der Waals surface area contributed by atoms with Gasteiger partial charge in [-0.1, -0.05) is 0 Å². The van der Waals surface area contributed by atoms with E-state index in [-0.39, 0.29) is 17.9 Å². The van der Waals surface area contributed by atoms with Crippen LogP contribution >= 0.6 is 0 Å². The number of aryl methyl sites for hydroxylation is 3. The molecule has 0 spiro atoms. The summed E-state index contributed by atoms with van der Waals surface area (Å²) in [6.07, 6.45) is 1.16. The average Bonchev–Trinajstić information content (AvgIpc) is 3.03. The van der Waals surface area contributed by atoms with Crippen LogP contribution in [0.5, 0.6) is 5.75 Å². The molecule has 0 radical (unpaired) electrons. The number of anilines is 1. The molecule has 0 saturated carbocycles. The number of ether oxygens (including phenoxy) is 1. The lowest BCUT2D eigenvalue weighted by Crippen LogP contribution is -2.44. The van der Waals surface area contributed by atoms with E-state index in [4.69, 9.17) is 4.74 Å². The van der Waals surface area contributed by atoms with Gasteiger partial charge in [-0.25, -0.2) is 0 Å². The van der Waals surface area contributed by atoms with Crippen LogP contribution in [0, 0.1) is 13.8 Å². The highest BCUT2D eigenvalue weighted by atomic mass is 16.5. The fourth-order valence-corrected chi connectivity index (χ4v) is 3.64. The molecular formula is C22H31N5O3. The summed E-state index contributed by atoms with van der Waals surface area (Å²) in [6, 6.07) is 7.38. The molecule has 2 heterocycles. The van der Waals surface area contributed by atoms with Gasteiger partial charge in [0.2, 0.25) is 5.91 Å². The molecule has 0 saturated heterocycles. The highest BCUT2D eigenvalue weighted by Gasteiger charge is 2.27. The van der Waals surface area contributed by atoms with Crippen molar-refractivity contribution < 1.29 is 14.3 Å². The molecule has 1 aliphatic rings. The molecule has 2 aromatic rings. The summed E-state index contributed by atoms with van der Waals surface area (Å²) < 4.78 is 7.81. The topological polar surface area (TPSA) is 79.7 Å². The first-order valence-corrected chi connectivity index (χ1v) is 10.3. The van der Waals surface area contributed by atoms with Crippen LogP contribution in [-0.4, -0.2) is 66.8 Å². The Labute approximate surface area is 177 Å². The van der Waals surface area contributed by atoms with Crippen molar-refractivity contribution in [3.8, 4) is 5.75 Å². The molecule has 3 rings (SSSR count). The number of hydrogen-bond donors (Lipinski definition) is 1. The van der Waals surface area contributed by atoms with Crippen LogP contribution in [-0.2, 0) is 11.3 Å². The Bertz CT molecular complexity index is 921. The monoisotopic (exact) mass is 413 g/mol. The van der Waals surface area contributed by atoms with Gasteiger partial charge >= 0.3 is 0 Å². The van der Waals surface area contributed by atoms with Gasteiger partial charge in [0.25, 0.3) is 5.91 Å². The molecule has 8 nitrogen and oxygen atoms in total. The highest BCUT2D eigenvalue weighted by Crippen LogP contribution is 2.34. The second kappa shape index (κ2) is 9.19. The largest absolute Gasteiger partial charge is 0.489 e. The van der Waals surface area contributed by atoms with Gasteiger partial charge in [-0.15, -0.1) is 0 Å². The van der Waals surface area contributed by atoms with Crippen LogP contribution in [0.4, 0.5) is 5.69 Å². The number of nitrogens with one attached hydrogen (secondary N) is 1. The Balaban J connectivity index is 1.52. The number of rotatable bonds is 7. The zero-order chi connectivity index (χ0) is 21.8. The van der Waals surface area contributed by atoms with Gasteiger partial charge in [-0.05, 0) is 44.5 Å². The SMILES string of the molecule is Cc1cc(C)n(CCCNC(=O)CC2COc3ccc(C(=O)N(C)C)cc3N2C)n1. The Morgan fingerprint density at radius 3 is 2.70 bits per heavy atom. The zero-order valence-electron chi connectivity index (χ0n) is 18.4. The fraction of sp³-hybridized carbons (Fsp3) is 0.500. The van der Waals surface area contributed by atoms with Crippen LogP contribution in [0.1, 0.15) is 34.6 Å². The van der Waals surface area contributed by atoms with E-state index in [1.165, 1.54) is 0 Å². The van der Waals surface area contributed by atoms with E-state index in [2.05, 4.69) is 10.4 Å². The van der Waals surface area contributed by atoms with Crippen LogP contribution in [0.3, 0.4) is 0 Å². The lowest BCUT2D eigenvalue weighted by molar-refractivity contribution is -0.121. The highest BCUT2D eigenvalue weighted by molar-refractivity contribution is 5.95. The van der Waals surface area contributed by atoms with E-state index >= 15 is 0 Å². The van der Waals surface area contributed by atoms with Crippen molar-refractivity contribution in [3.63, 3.8) is 0 Å². The normalized spacial score (nSPS) is 15.4. The maximum atomic E-state index is 12.4. The smallest absolute Gasteiger partial charge is 0.253 e. The number of fused-ring (bicyclic) bond motifs is 1. The van der Waals surface area contributed by atoms with E-state index in [1.54, 1.807) is 25.1 Å². The van der Waals surface area contributed by atoms with Crippen LogP contribution in [0.25, 0.3) is 0 Å². The number of aromatic nitrogens is 2. The first-order chi connectivity index (χ1) is 14.3. The summed E-state index contributed by atoms with van der Waals surface area (Å²) in [4.78, 5) is 28.3. The van der Waals surface area contributed by atoms with Crippen molar-refractivity contribution in [1.82, 2.24) is 20.0 Å².